The van der Waals surface area contributed by atoms with Crippen molar-refractivity contribution in [3.05, 3.63) is 53.1 Å². The number of alkyl halides is 1. The van der Waals surface area contributed by atoms with Crippen LogP contribution in [-0.4, -0.2) is 37.5 Å². The summed E-state index contributed by atoms with van der Waals surface area (Å²) in [5.41, 5.74) is 1.54. The highest BCUT2D eigenvalue weighted by molar-refractivity contribution is 7.99. The lowest BCUT2D eigenvalue weighted by Gasteiger charge is -2.27. The summed E-state index contributed by atoms with van der Waals surface area (Å²) in [6.07, 6.45) is -0.995. The van der Waals surface area contributed by atoms with Crippen LogP contribution in [0.4, 0.5) is 5.69 Å². The van der Waals surface area contributed by atoms with Crippen molar-refractivity contribution in [3.63, 3.8) is 0 Å². The normalized spacial score (nSPS) is 19.0. The zero-order valence-electron chi connectivity index (χ0n) is 15.4. The lowest BCUT2D eigenvalue weighted by atomic mass is 10.1. The number of esters is 1. The van der Waals surface area contributed by atoms with Crippen molar-refractivity contribution in [2.24, 2.45) is 0 Å². The van der Waals surface area contributed by atoms with Crippen LogP contribution in [-0.2, 0) is 14.3 Å². The number of benzene rings is 2. The van der Waals surface area contributed by atoms with E-state index in [9.17, 15) is 9.59 Å². The van der Waals surface area contributed by atoms with Gasteiger partial charge in [-0.3, -0.25) is 9.59 Å². The van der Waals surface area contributed by atoms with Crippen LogP contribution in [0.1, 0.15) is 17.7 Å². The molecule has 0 unspecified atom stereocenters. The van der Waals surface area contributed by atoms with E-state index in [0.717, 1.165) is 10.5 Å². The molecule has 2 atom stereocenters. The molecular weight excluding hydrogens is 421 g/mol. The summed E-state index contributed by atoms with van der Waals surface area (Å²) >= 11 is 13.6. The number of hydrogen-bond acceptors (Lipinski definition) is 5. The van der Waals surface area contributed by atoms with Crippen LogP contribution in [0, 0.1) is 0 Å². The maximum absolute atomic E-state index is 13.3. The number of methoxy groups -OCH3 is 1. The van der Waals surface area contributed by atoms with E-state index in [2.05, 4.69) is 0 Å². The van der Waals surface area contributed by atoms with E-state index in [4.69, 9.17) is 32.7 Å². The molecule has 1 aliphatic heterocycles. The van der Waals surface area contributed by atoms with Crippen LogP contribution in [0.2, 0.25) is 5.02 Å². The van der Waals surface area contributed by atoms with Gasteiger partial charge in [-0.15, -0.1) is 23.4 Å². The SMILES string of the molecule is COc1ccc([C@@H]2Sc3cc(Cl)ccc3N(CCCl)C(=O)[C@@H]2OC(C)=O)cc1. The molecule has 148 valence electrons. The average Bonchev–Trinajstić information content (AvgIpc) is 2.78. The zero-order valence-corrected chi connectivity index (χ0v) is 17.7. The molecule has 5 nitrogen and oxygen atoms in total. The molecule has 2 aromatic rings. The van der Waals surface area contributed by atoms with Crippen molar-refractivity contribution in [2.45, 2.75) is 23.2 Å². The number of thioether (sulfide) groups is 1. The predicted octanol–water partition coefficient (Wildman–Crippen LogP) is 4.70. The fourth-order valence-corrected chi connectivity index (χ4v) is 4.81. The summed E-state index contributed by atoms with van der Waals surface area (Å²) in [4.78, 5) is 27.5. The second-order valence-corrected chi connectivity index (χ2v) is 8.13. The van der Waals surface area contributed by atoms with E-state index in [1.54, 1.807) is 24.1 Å². The molecule has 1 aliphatic rings. The van der Waals surface area contributed by atoms with Gasteiger partial charge in [-0.2, -0.15) is 0 Å². The summed E-state index contributed by atoms with van der Waals surface area (Å²) < 4.78 is 10.7. The van der Waals surface area contributed by atoms with Gasteiger partial charge in [0.05, 0.1) is 18.0 Å². The second-order valence-electron chi connectivity index (χ2n) is 6.13. The summed E-state index contributed by atoms with van der Waals surface area (Å²) in [6.45, 7) is 1.59. The quantitative estimate of drug-likeness (QED) is 0.499. The summed E-state index contributed by atoms with van der Waals surface area (Å²) in [6, 6.07) is 12.7. The smallest absolute Gasteiger partial charge is 0.303 e. The fraction of sp³-hybridized carbons (Fsp3) is 0.300. The van der Waals surface area contributed by atoms with Crippen molar-refractivity contribution < 1.29 is 19.1 Å². The Morgan fingerprint density at radius 1 is 1.21 bits per heavy atom. The van der Waals surface area contributed by atoms with Crippen molar-refractivity contribution in [1.82, 2.24) is 0 Å². The van der Waals surface area contributed by atoms with E-state index in [1.807, 2.05) is 30.3 Å². The number of fused-ring (bicyclic) bond motifs is 1. The molecule has 3 rings (SSSR count). The van der Waals surface area contributed by atoms with Crippen LogP contribution < -0.4 is 9.64 Å². The molecule has 28 heavy (non-hydrogen) atoms. The number of carbonyl (C=O) groups is 2. The Bertz CT molecular complexity index is 875. The maximum Gasteiger partial charge on any atom is 0.303 e. The van der Waals surface area contributed by atoms with Crippen LogP contribution in [0.5, 0.6) is 5.75 Å². The van der Waals surface area contributed by atoms with Gasteiger partial charge in [0.25, 0.3) is 5.91 Å². The third kappa shape index (κ3) is 4.40. The Kier molecular flexibility index (Phi) is 6.75. The van der Waals surface area contributed by atoms with Crippen LogP contribution >= 0.6 is 35.0 Å². The molecule has 0 saturated heterocycles. The van der Waals surface area contributed by atoms with E-state index >= 15 is 0 Å². The van der Waals surface area contributed by atoms with E-state index in [1.165, 1.54) is 18.7 Å². The maximum atomic E-state index is 13.3. The number of carbonyl (C=O) groups excluding carboxylic acids is 2. The Labute approximate surface area is 177 Å². The van der Waals surface area contributed by atoms with Gasteiger partial charge >= 0.3 is 5.97 Å². The highest BCUT2D eigenvalue weighted by Gasteiger charge is 2.40. The van der Waals surface area contributed by atoms with E-state index in [0.29, 0.717) is 23.0 Å². The molecule has 8 heteroatoms. The topological polar surface area (TPSA) is 55.8 Å². The molecule has 0 aliphatic carbocycles. The number of anilines is 1. The number of halogens is 2. The van der Waals surface area contributed by atoms with Crippen LogP contribution in [0.25, 0.3) is 0 Å². The largest absolute Gasteiger partial charge is 0.497 e. The van der Waals surface area contributed by atoms with Gasteiger partial charge in [-0.25, -0.2) is 0 Å². The monoisotopic (exact) mass is 439 g/mol. The Hall–Kier alpha value is -1.89. The third-order valence-electron chi connectivity index (χ3n) is 4.30. The molecular formula is C20H19Cl2NO4S. The number of ether oxygens (including phenoxy) is 2. The standard InChI is InChI=1S/C20H19Cl2NO4S/c1-12(24)27-18-19(13-3-6-15(26-2)7-4-13)28-17-11-14(22)5-8-16(17)23(10-9-21)20(18)25/h3-8,11,18-19H,9-10H2,1-2H3/t18-,19+/m1/s1. The first-order chi connectivity index (χ1) is 13.4. The minimum absolute atomic E-state index is 0.248. The molecule has 2 aromatic carbocycles. The Balaban J connectivity index is 2.12. The van der Waals surface area contributed by atoms with Gasteiger partial charge in [0.2, 0.25) is 0 Å². The minimum Gasteiger partial charge on any atom is -0.497 e. The van der Waals surface area contributed by atoms with Gasteiger partial charge in [-0.05, 0) is 35.9 Å². The van der Waals surface area contributed by atoms with Crippen molar-refractivity contribution >= 4 is 52.5 Å². The van der Waals surface area contributed by atoms with E-state index < -0.39 is 17.3 Å². The van der Waals surface area contributed by atoms with Crippen molar-refractivity contribution in [2.75, 3.05) is 24.4 Å². The summed E-state index contributed by atoms with van der Waals surface area (Å²) in [7, 11) is 1.59. The number of nitrogens with zero attached hydrogens (tertiary/aromatic N) is 1. The predicted molar refractivity (Wildman–Crippen MR) is 112 cm³/mol. The zero-order chi connectivity index (χ0) is 20.3. The van der Waals surface area contributed by atoms with Crippen molar-refractivity contribution in [1.29, 1.82) is 0 Å². The first-order valence-corrected chi connectivity index (χ1v) is 10.4. The Morgan fingerprint density at radius 3 is 2.54 bits per heavy atom. The molecule has 1 amide bonds. The molecule has 1 heterocycles. The Morgan fingerprint density at radius 2 is 1.93 bits per heavy atom. The molecule has 0 fully saturated rings. The van der Waals surface area contributed by atoms with Gasteiger partial charge in [0.1, 0.15) is 5.75 Å². The molecule has 0 radical (unpaired) electrons. The lowest BCUT2D eigenvalue weighted by molar-refractivity contribution is -0.152. The summed E-state index contributed by atoms with van der Waals surface area (Å²) in [5, 5.41) is 0.115. The van der Waals surface area contributed by atoms with Gasteiger partial charge in [0, 0.05) is 29.3 Å². The molecule has 0 bridgehead atoms. The summed E-state index contributed by atoms with van der Waals surface area (Å²) in [5.74, 6) is 0.112. The number of rotatable bonds is 5. The van der Waals surface area contributed by atoms with Gasteiger partial charge < -0.3 is 14.4 Å². The molecule has 0 saturated carbocycles. The highest BCUT2D eigenvalue weighted by atomic mass is 35.5. The van der Waals surface area contributed by atoms with Crippen LogP contribution in [0.15, 0.2) is 47.4 Å². The van der Waals surface area contributed by atoms with Crippen LogP contribution in [0.3, 0.4) is 0 Å². The third-order valence-corrected chi connectivity index (χ3v) is 6.05. The van der Waals surface area contributed by atoms with E-state index in [-0.39, 0.29) is 11.8 Å². The van der Waals surface area contributed by atoms with Gasteiger partial charge in [-0.1, -0.05) is 23.7 Å². The lowest BCUT2D eigenvalue weighted by Crippen LogP contribution is -2.43. The molecule has 0 aromatic heterocycles. The minimum atomic E-state index is -0.995. The van der Waals surface area contributed by atoms with Crippen molar-refractivity contribution in [3.8, 4) is 5.75 Å². The van der Waals surface area contributed by atoms with Gasteiger partial charge in [0.15, 0.2) is 6.10 Å². The first-order valence-electron chi connectivity index (χ1n) is 8.59. The first kappa shape index (κ1) is 20.8. The molecule has 0 spiro atoms. The number of hydrogen-bond donors (Lipinski definition) is 0. The number of amides is 1. The average molecular weight is 440 g/mol. The fourth-order valence-electron chi connectivity index (χ4n) is 3.05. The second kappa shape index (κ2) is 9.07. The molecule has 0 N–H and O–H groups in total. The highest BCUT2D eigenvalue weighted by Crippen LogP contribution is 2.47.